The van der Waals surface area contributed by atoms with Crippen molar-refractivity contribution in [2.75, 3.05) is 12.3 Å². The van der Waals surface area contributed by atoms with E-state index in [0.717, 1.165) is 16.8 Å². The van der Waals surface area contributed by atoms with Gasteiger partial charge in [-0.05, 0) is 6.92 Å². The molecule has 100 valence electrons. The summed E-state index contributed by atoms with van der Waals surface area (Å²) in [4.78, 5) is 22.7. The van der Waals surface area contributed by atoms with Crippen molar-refractivity contribution in [2.45, 2.75) is 13.3 Å². The molecule has 0 spiro atoms. The Balaban J connectivity index is 2.05. The van der Waals surface area contributed by atoms with Crippen molar-refractivity contribution in [3.8, 4) is 5.88 Å². The molecule has 8 nitrogen and oxygen atoms in total. The van der Waals surface area contributed by atoms with E-state index in [2.05, 4.69) is 15.0 Å². The molecule has 2 heterocycles. The smallest absolute Gasteiger partial charge is 0.349 e. The van der Waals surface area contributed by atoms with Gasteiger partial charge in [0.15, 0.2) is 0 Å². The number of aromatic nitrogens is 3. The lowest BCUT2D eigenvalue weighted by atomic mass is 10.3. The molecular formula is C10H11N5O3S. The Kier molecular flexibility index (Phi) is 3.85. The molecule has 0 radical (unpaired) electrons. The third kappa shape index (κ3) is 3.13. The Morgan fingerprint density at radius 2 is 2.32 bits per heavy atom. The molecule has 0 bridgehead atoms. The zero-order valence-corrected chi connectivity index (χ0v) is 10.9. The maximum atomic E-state index is 10.8. The minimum Gasteiger partial charge on any atom is -0.472 e. The van der Waals surface area contributed by atoms with Gasteiger partial charge < -0.3 is 10.5 Å². The average molecular weight is 281 g/mol. The van der Waals surface area contributed by atoms with E-state index in [1.165, 1.54) is 11.3 Å². The first-order valence-corrected chi connectivity index (χ1v) is 6.24. The lowest BCUT2D eigenvalue weighted by Gasteiger charge is -2.05. The molecule has 0 saturated carbocycles. The van der Waals surface area contributed by atoms with Crippen LogP contribution in [0, 0.1) is 17.0 Å². The molecule has 0 saturated heterocycles. The molecule has 0 aromatic carbocycles. The van der Waals surface area contributed by atoms with Crippen LogP contribution in [-0.2, 0) is 6.42 Å². The van der Waals surface area contributed by atoms with Gasteiger partial charge in [0.1, 0.15) is 6.20 Å². The second-order valence-electron chi connectivity index (χ2n) is 3.64. The topological polar surface area (TPSA) is 117 Å². The predicted octanol–water partition coefficient (Wildman–Crippen LogP) is 1.35. The molecule has 19 heavy (non-hydrogen) atoms. The first-order chi connectivity index (χ1) is 9.08. The third-order valence-electron chi connectivity index (χ3n) is 2.36. The molecule has 0 aliphatic carbocycles. The number of nitrogen functional groups attached to an aromatic ring is 1. The molecule has 0 fully saturated rings. The normalized spacial score (nSPS) is 10.4. The van der Waals surface area contributed by atoms with Crippen LogP contribution < -0.4 is 10.5 Å². The highest BCUT2D eigenvalue weighted by atomic mass is 32.1. The maximum absolute atomic E-state index is 10.8. The van der Waals surface area contributed by atoms with Crippen LogP contribution in [0.15, 0.2) is 11.7 Å². The molecule has 0 aliphatic heterocycles. The molecule has 9 heteroatoms. The number of hydrogen-bond donors (Lipinski definition) is 1. The second-order valence-corrected chi connectivity index (χ2v) is 4.57. The van der Waals surface area contributed by atoms with Gasteiger partial charge in [0.2, 0.25) is 5.95 Å². The van der Waals surface area contributed by atoms with Gasteiger partial charge in [0.25, 0.3) is 5.88 Å². The molecule has 0 atom stereocenters. The van der Waals surface area contributed by atoms with Crippen molar-refractivity contribution in [1.82, 2.24) is 15.0 Å². The quantitative estimate of drug-likeness (QED) is 0.649. The minimum atomic E-state index is -0.604. The fourth-order valence-corrected chi connectivity index (χ4v) is 2.17. The number of ether oxygens (including phenoxy) is 1. The predicted molar refractivity (Wildman–Crippen MR) is 69.1 cm³/mol. The van der Waals surface area contributed by atoms with Gasteiger partial charge in [-0.25, -0.2) is 9.97 Å². The number of anilines is 1. The van der Waals surface area contributed by atoms with Crippen LogP contribution in [0.25, 0.3) is 0 Å². The van der Waals surface area contributed by atoms with Crippen LogP contribution in [0.4, 0.5) is 11.6 Å². The molecule has 2 rings (SSSR count). The van der Waals surface area contributed by atoms with E-state index in [-0.39, 0.29) is 24.1 Å². The van der Waals surface area contributed by atoms with Crippen molar-refractivity contribution in [1.29, 1.82) is 0 Å². The van der Waals surface area contributed by atoms with E-state index in [4.69, 9.17) is 10.5 Å². The first kappa shape index (κ1) is 13.1. The summed E-state index contributed by atoms with van der Waals surface area (Å²) < 4.78 is 5.31. The molecule has 0 amide bonds. The molecular weight excluding hydrogens is 270 g/mol. The van der Waals surface area contributed by atoms with E-state index < -0.39 is 4.92 Å². The zero-order valence-electron chi connectivity index (χ0n) is 10.1. The number of aryl methyl sites for hydroxylation is 1. The number of nitrogens with two attached hydrogens (primary N) is 1. The number of thiazole rings is 1. The van der Waals surface area contributed by atoms with Crippen LogP contribution >= 0.6 is 11.3 Å². The van der Waals surface area contributed by atoms with Crippen molar-refractivity contribution >= 4 is 23.0 Å². The lowest BCUT2D eigenvalue weighted by Crippen LogP contribution is -2.07. The fourth-order valence-electron chi connectivity index (χ4n) is 1.41. The third-order valence-corrected chi connectivity index (χ3v) is 3.36. The molecule has 0 aliphatic rings. The summed E-state index contributed by atoms with van der Waals surface area (Å²) in [5.74, 6) is -0.172. The summed E-state index contributed by atoms with van der Waals surface area (Å²) >= 11 is 1.52. The highest BCUT2D eigenvalue weighted by molar-refractivity contribution is 7.09. The Morgan fingerprint density at radius 1 is 1.53 bits per heavy atom. The van der Waals surface area contributed by atoms with Crippen molar-refractivity contribution in [2.24, 2.45) is 0 Å². The lowest BCUT2D eigenvalue weighted by molar-refractivity contribution is -0.386. The highest BCUT2D eigenvalue weighted by Crippen LogP contribution is 2.24. The summed E-state index contributed by atoms with van der Waals surface area (Å²) in [7, 11) is 0. The molecule has 2 aromatic heterocycles. The van der Waals surface area contributed by atoms with E-state index in [1.807, 2.05) is 6.92 Å². The van der Waals surface area contributed by atoms with Gasteiger partial charge >= 0.3 is 5.69 Å². The standard InChI is InChI=1S/C10H11N5O3S/c1-6-8(19-5-13-6)2-3-18-9-7(15(16)17)4-12-10(11)14-9/h4-5H,2-3H2,1H3,(H2,11,12,14). The van der Waals surface area contributed by atoms with E-state index >= 15 is 0 Å². The largest absolute Gasteiger partial charge is 0.472 e. The van der Waals surface area contributed by atoms with Crippen LogP contribution in [0.5, 0.6) is 5.88 Å². The minimum absolute atomic E-state index is 0.0606. The fraction of sp³-hybridized carbons (Fsp3) is 0.300. The van der Waals surface area contributed by atoms with E-state index in [1.54, 1.807) is 5.51 Å². The van der Waals surface area contributed by atoms with Gasteiger partial charge in [-0.15, -0.1) is 11.3 Å². The highest BCUT2D eigenvalue weighted by Gasteiger charge is 2.18. The number of hydrogen-bond acceptors (Lipinski definition) is 8. The molecule has 2 N–H and O–H groups in total. The first-order valence-electron chi connectivity index (χ1n) is 5.36. The molecule has 2 aromatic rings. The maximum Gasteiger partial charge on any atom is 0.349 e. The monoisotopic (exact) mass is 281 g/mol. The van der Waals surface area contributed by atoms with Crippen LogP contribution in [0.3, 0.4) is 0 Å². The number of nitrogens with zero attached hydrogens (tertiary/aromatic N) is 4. The van der Waals surface area contributed by atoms with Gasteiger partial charge in [0, 0.05) is 11.3 Å². The summed E-state index contributed by atoms with van der Waals surface area (Å²) in [5.41, 5.74) is 7.77. The van der Waals surface area contributed by atoms with Gasteiger partial charge in [-0.1, -0.05) is 0 Å². The van der Waals surface area contributed by atoms with Gasteiger partial charge in [-0.2, -0.15) is 4.98 Å². The summed E-state index contributed by atoms with van der Waals surface area (Å²) in [6, 6.07) is 0. The van der Waals surface area contributed by atoms with E-state index in [0.29, 0.717) is 6.42 Å². The SMILES string of the molecule is Cc1ncsc1CCOc1nc(N)ncc1[N+](=O)[O-]. The summed E-state index contributed by atoms with van der Waals surface area (Å²) in [6.07, 6.45) is 1.65. The Bertz CT molecular complexity index is 601. The average Bonchev–Trinajstić information content (AvgIpc) is 2.75. The van der Waals surface area contributed by atoms with Crippen molar-refractivity contribution in [3.63, 3.8) is 0 Å². The summed E-state index contributed by atoms with van der Waals surface area (Å²) in [6.45, 7) is 2.16. The second kappa shape index (κ2) is 5.57. The van der Waals surface area contributed by atoms with E-state index in [9.17, 15) is 10.1 Å². The Morgan fingerprint density at radius 3 is 2.95 bits per heavy atom. The van der Waals surface area contributed by atoms with Crippen molar-refractivity contribution in [3.05, 3.63) is 32.4 Å². The van der Waals surface area contributed by atoms with Gasteiger partial charge in [0.05, 0.1) is 22.7 Å². The van der Waals surface area contributed by atoms with Crippen LogP contribution in [0.2, 0.25) is 0 Å². The summed E-state index contributed by atoms with van der Waals surface area (Å²) in [5, 5.41) is 10.8. The van der Waals surface area contributed by atoms with Crippen molar-refractivity contribution < 1.29 is 9.66 Å². The number of rotatable bonds is 5. The van der Waals surface area contributed by atoms with Crippen LogP contribution in [-0.4, -0.2) is 26.5 Å². The van der Waals surface area contributed by atoms with Crippen LogP contribution in [0.1, 0.15) is 10.6 Å². The Labute approximate surface area is 112 Å². The number of nitro groups is 1. The Hall–Kier alpha value is -2.29. The molecule has 0 unspecified atom stereocenters. The van der Waals surface area contributed by atoms with Gasteiger partial charge in [-0.3, -0.25) is 10.1 Å². The zero-order chi connectivity index (χ0) is 13.8.